The number of nitro benzene ring substituents is 1. The molecule has 1 N–H and O–H groups in total. The van der Waals surface area contributed by atoms with Crippen LogP contribution in [0.5, 0.6) is 0 Å². The van der Waals surface area contributed by atoms with Crippen LogP contribution in [0.4, 0.5) is 5.69 Å². The third-order valence-electron chi connectivity index (χ3n) is 3.65. The van der Waals surface area contributed by atoms with Crippen molar-refractivity contribution >= 4 is 27.8 Å². The lowest BCUT2D eigenvalue weighted by Gasteiger charge is -2.03. The third-order valence-corrected chi connectivity index (χ3v) is 3.65. The molecule has 4 aromatic rings. The van der Waals surface area contributed by atoms with Crippen molar-refractivity contribution in [3.8, 4) is 11.1 Å². The molecular weight excluding hydrogens is 280 g/mol. The molecule has 0 amide bonds. The number of hydrogen-bond acceptors (Lipinski definition) is 4. The van der Waals surface area contributed by atoms with Gasteiger partial charge < -0.3 is 4.98 Å². The summed E-state index contributed by atoms with van der Waals surface area (Å²) in [5.74, 6) is 0. The molecule has 0 atom stereocenters. The Kier molecular flexibility index (Phi) is 2.62. The van der Waals surface area contributed by atoms with Crippen LogP contribution >= 0.6 is 0 Å². The number of fused-ring (bicyclic) bond motifs is 3. The number of rotatable bonds is 2. The summed E-state index contributed by atoms with van der Waals surface area (Å²) in [5.41, 5.74) is 4.41. The van der Waals surface area contributed by atoms with E-state index in [0.717, 1.165) is 33.2 Å². The number of non-ortho nitro benzene ring substituents is 1. The lowest BCUT2D eigenvalue weighted by atomic mass is 10.0. The Morgan fingerprint density at radius 2 is 1.82 bits per heavy atom. The Hall–Kier alpha value is -3.28. The maximum Gasteiger partial charge on any atom is 0.269 e. The van der Waals surface area contributed by atoms with Crippen LogP contribution in [-0.4, -0.2) is 19.9 Å². The van der Waals surface area contributed by atoms with Crippen molar-refractivity contribution in [2.45, 2.75) is 0 Å². The minimum Gasteiger partial charge on any atom is -0.337 e. The van der Waals surface area contributed by atoms with Gasteiger partial charge in [-0.05, 0) is 35.9 Å². The van der Waals surface area contributed by atoms with Crippen molar-refractivity contribution in [3.05, 3.63) is 65.0 Å². The van der Waals surface area contributed by atoms with E-state index in [9.17, 15) is 10.1 Å². The van der Waals surface area contributed by atoms with Gasteiger partial charge >= 0.3 is 0 Å². The van der Waals surface area contributed by atoms with Gasteiger partial charge in [-0.15, -0.1) is 0 Å². The Morgan fingerprint density at radius 1 is 1.00 bits per heavy atom. The average Bonchev–Trinajstić information content (AvgIpc) is 2.93. The van der Waals surface area contributed by atoms with Crippen molar-refractivity contribution in [1.82, 2.24) is 15.0 Å². The molecule has 6 nitrogen and oxygen atoms in total. The first-order valence-electron chi connectivity index (χ1n) is 6.70. The van der Waals surface area contributed by atoms with Crippen LogP contribution in [0.15, 0.2) is 54.9 Å². The van der Waals surface area contributed by atoms with Crippen molar-refractivity contribution in [1.29, 1.82) is 0 Å². The fourth-order valence-electron chi connectivity index (χ4n) is 2.61. The molecule has 0 fully saturated rings. The highest BCUT2D eigenvalue weighted by molar-refractivity contribution is 6.08. The normalized spacial score (nSPS) is 11.1. The van der Waals surface area contributed by atoms with Crippen molar-refractivity contribution in [3.63, 3.8) is 0 Å². The summed E-state index contributed by atoms with van der Waals surface area (Å²) in [6.45, 7) is 0. The highest BCUT2D eigenvalue weighted by atomic mass is 16.6. The van der Waals surface area contributed by atoms with Gasteiger partial charge in [0.2, 0.25) is 0 Å². The number of nitrogens with zero attached hydrogens (tertiary/aromatic N) is 3. The van der Waals surface area contributed by atoms with E-state index < -0.39 is 4.92 Å². The molecule has 0 unspecified atom stereocenters. The molecule has 3 heterocycles. The minimum absolute atomic E-state index is 0.0763. The predicted octanol–water partition coefficient (Wildman–Crippen LogP) is 3.69. The smallest absolute Gasteiger partial charge is 0.269 e. The quantitative estimate of drug-likeness (QED) is 0.450. The summed E-state index contributed by atoms with van der Waals surface area (Å²) in [6, 6.07) is 12.2. The van der Waals surface area contributed by atoms with E-state index in [1.807, 2.05) is 18.2 Å². The number of benzene rings is 1. The first-order chi connectivity index (χ1) is 10.7. The van der Waals surface area contributed by atoms with Gasteiger partial charge in [0.15, 0.2) is 0 Å². The van der Waals surface area contributed by atoms with Crippen LogP contribution in [0.3, 0.4) is 0 Å². The van der Waals surface area contributed by atoms with Gasteiger partial charge in [0, 0.05) is 35.5 Å². The molecule has 22 heavy (non-hydrogen) atoms. The Morgan fingerprint density at radius 3 is 2.59 bits per heavy atom. The molecule has 0 radical (unpaired) electrons. The Bertz CT molecular complexity index is 1010. The fourth-order valence-corrected chi connectivity index (χ4v) is 2.61. The van der Waals surface area contributed by atoms with Crippen molar-refractivity contribution in [2.24, 2.45) is 0 Å². The number of aromatic nitrogens is 3. The molecular formula is C16H10N4O2. The van der Waals surface area contributed by atoms with Crippen molar-refractivity contribution in [2.75, 3.05) is 0 Å². The Labute approximate surface area is 124 Å². The molecule has 0 aliphatic heterocycles. The lowest BCUT2D eigenvalue weighted by molar-refractivity contribution is -0.384. The highest BCUT2D eigenvalue weighted by Crippen LogP contribution is 2.31. The lowest BCUT2D eigenvalue weighted by Crippen LogP contribution is -1.88. The number of hydrogen-bond donors (Lipinski definition) is 1. The van der Waals surface area contributed by atoms with Crippen LogP contribution in [-0.2, 0) is 0 Å². The van der Waals surface area contributed by atoms with Gasteiger partial charge in [0.05, 0.1) is 16.0 Å². The van der Waals surface area contributed by atoms with Crippen LogP contribution in [0.1, 0.15) is 0 Å². The van der Waals surface area contributed by atoms with Gasteiger partial charge in [0.1, 0.15) is 5.65 Å². The largest absolute Gasteiger partial charge is 0.337 e. The molecule has 4 rings (SSSR count). The summed E-state index contributed by atoms with van der Waals surface area (Å²) >= 11 is 0. The van der Waals surface area contributed by atoms with E-state index in [2.05, 4.69) is 15.0 Å². The number of H-pyrrole nitrogens is 1. The monoisotopic (exact) mass is 290 g/mol. The van der Waals surface area contributed by atoms with E-state index in [1.54, 1.807) is 24.5 Å². The van der Waals surface area contributed by atoms with Gasteiger partial charge in [-0.3, -0.25) is 15.1 Å². The first kappa shape index (κ1) is 12.5. The summed E-state index contributed by atoms with van der Waals surface area (Å²) in [6.07, 6.45) is 3.46. The third kappa shape index (κ3) is 1.81. The van der Waals surface area contributed by atoms with Gasteiger partial charge in [-0.1, -0.05) is 0 Å². The van der Waals surface area contributed by atoms with E-state index >= 15 is 0 Å². The van der Waals surface area contributed by atoms with Crippen molar-refractivity contribution < 1.29 is 4.92 Å². The van der Waals surface area contributed by atoms with E-state index in [1.165, 1.54) is 12.1 Å². The molecule has 1 aromatic carbocycles. The predicted molar refractivity (Wildman–Crippen MR) is 83.5 cm³/mol. The SMILES string of the molecule is O=[N+]([O-])c1ccc(-c2ccnc3c2[nH]c2ncccc23)cc1. The van der Waals surface area contributed by atoms with E-state index in [0.29, 0.717) is 0 Å². The second-order valence-electron chi connectivity index (χ2n) is 4.91. The van der Waals surface area contributed by atoms with Crippen LogP contribution < -0.4 is 0 Å². The summed E-state index contributed by atoms with van der Waals surface area (Å²) in [5, 5.41) is 11.7. The van der Waals surface area contributed by atoms with Crippen LogP contribution in [0.2, 0.25) is 0 Å². The first-order valence-corrected chi connectivity index (χ1v) is 6.70. The maximum atomic E-state index is 10.8. The zero-order valence-electron chi connectivity index (χ0n) is 11.4. The number of aromatic amines is 1. The Balaban J connectivity index is 1.96. The molecule has 0 saturated heterocycles. The standard InChI is InChI=1S/C16H10N4O2/c21-20(22)11-5-3-10(4-6-11)12-7-9-17-14-13-2-1-8-18-16(13)19-15(12)14/h1-9H,(H,18,19). The fraction of sp³-hybridized carbons (Fsp3) is 0. The summed E-state index contributed by atoms with van der Waals surface area (Å²) in [4.78, 5) is 22.4. The van der Waals surface area contributed by atoms with Crippen LogP contribution in [0, 0.1) is 10.1 Å². The number of nitro groups is 1. The molecule has 0 aliphatic rings. The van der Waals surface area contributed by atoms with Crippen LogP contribution in [0.25, 0.3) is 33.2 Å². The minimum atomic E-state index is -0.404. The molecule has 106 valence electrons. The van der Waals surface area contributed by atoms with Gasteiger partial charge in [0.25, 0.3) is 5.69 Å². The van der Waals surface area contributed by atoms with E-state index in [4.69, 9.17) is 0 Å². The molecule has 6 heteroatoms. The zero-order chi connectivity index (χ0) is 15.1. The average molecular weight is 290 g/mol. The molecule has 3 aromatic heterocycles. The number of nitrogens with one attached hydrogen (secondary N) is 1. The van der Waals surface area contributed by atoms with Gasteiger partial charge in [-0.2, -0.15) is 0 Å². The topological polar surface area (TPSA) is 84.7 Å². The molecule has 0 aliphatic carbocycles. The highest BCUT2D eigenvalue weighted by Gasteiger charge is 2.12. The molecule has 0 bridgehead atoms. The molecule has 0 spiro atoms. The second-order valence-corrected chi connectivity index (χ2v) is 4.91. The zero-order valence-corrected chi connectivity index (χ0v) is 11.4. The van der Waals surface area contributed by atoms with E-state index in [-0.39, 0.29) is 5.69 Å². The van der Waals surface area contributed by atoms with Gasteiger partial charge in [-0.25, -0.2) is 4.98 Å². The number of pyridine rings is 2. The summed E-state index contributed by atoms with van der Waals surface area (Å²) in [7, 11) is 0. The summed E-state index contributed by atoms with van der Waals surface area (Å²) < 4.78 is 0. The molecule has 0 saturated carbocycles. The maximum absolute atomic E-state index is 10.8. The second kappa shape index (κ2) is 4.63.